The summed E-state index contributed by atoms with van der Waals surface area (Å²) < 4.78 is 21.8. The van der Waals surface area contributed by atoms with E-state index in [1.165, 1.54) is 11.6 Å². The van der Waals surface area contributed by atoms with Crippen molar-refractivity contribution >= 4 is 16.8 Å². The van der Waals surface area contributed by atoms with Gasteiger partial charge in [0.15, 0.2) is 0 Å². The number of carbonyl (C=O) groups excluding carboxylic acids is 1. The van der Waals surface area contributed by atoms with Crippen molar-refractivity contribution in [3.8, 4) is 5.75 Å². The first-order chi connectivity index (χ1) is 14.5. The monoisotopic (exact) mass is 409 g/mol. The summed E-state index contributed by atoms with van der Waals surface area (Å²) in [5, 5.41) is 4.33. The largest absolute Gasteiger partial charge is 0.497 e. The van der Waals surface area contributed by atoms with Crippen LogP contribution in [0.15, 0.2) is 48.7 Å². The second kappa shape index (κ2) is 8.48. The Balaban J connectivity index is 1.68. The van der Waals surface area contributed by atoms with Crippen molar-refractivity contribution in [3.63, 3.8) is 0 Å². The third-order valence-electron chi connectivity index (χ3n) is 6.04. The Labute approximate surface area is 176 Å². The molecule has 0 bridgehead atoms. The molecular formula is C24H28FN3O2. The average Bonchev–Trinajstić information content (AvgIpc) is 3.29. The number of likely N-dealkylation sites (tertiary alicyclic amines) is 1. The molecule has 4 rings (SSSR count). The lowest BCUT2D eigenvalue weighted by Crippen LogP contribution is -2.39. The molecule has 1 fully saturated rings. The smallest absolute Gasteiger partial charge is 0.219 e. The van der Waals surface area contributed by atoms with Gasteiger partial charge >= 0.3 is 0 Å². The van der Waals surface area contributed by atoms with E-state index in [-0.39, 0.29) is 23.7 Å². The fourth-order valence-electron chi connectivity index (χ4n) is 4.48. The van der Waals surface area contributed by atoms with Crippen LogP contribution in [0, 0.1) is 5.82 Å². The van der Waals surface area contributed by atoms with E-state index in [0.717, 1.165) is 23.2 Å². The van der Waals surface area contributed by atoms with Crippen molar-refractivity contribution in [2.24, 2.45) is 7.05 Å². The molecule has 0 spiro atoms. The average molecular weight is 410 g/mol. The van der Waals surface area contributed by atoms with Crippen LogP contribution in [0.4, 0.5) is 4.39 Å². The number of hydrogen-bond acceptors (Lipinski definition) is 3. The van der Waals surface area contributed by atoms with E-state index in [9.17, 15) is 9.18 Å². The summed E-state index contributed by atoms with van der Waals surface area (Å²) in [6.07, 6.45) is 2.59. The molecule has 158 valence electrons. The molecule has 0 unspecified atom stereocenters. The molecule has 3 aromatic rings. The Morgan fingerprint density at radius 2 is 2.03 bits per heavy atom. The number of ether oxygens (including phenoxy) is 1. The third-order valence-corrected chi connectivity index (χ3v) is 6.04. The highest BCUT2D eigenvalue weighted by Gasteiger charge is 2.36. The van der Waals surface area contributed by atoms with E-state index in [0.29, 0.717) is 25.1 Å². The van der Waals surface area contributed by atoms with Crippen LogP contribution in [0.3, 0.4) is 0 Å². The minimum Gasteiger partial charge on any atom is -0.497 e. The maximum Gasteiger partial charge on any atom is 0.219 e. The van der Waals surface area contributed by atoms with Gasteiger partial charge in [-0.2, -0.15) is 0 Å². The second-order valence-corrected chi connectivity index (χ2v) is 8.00. The Hall–Kier alpha value is -2.86. The maximum absolute atomic E-state index is 14.2. The van der Waals surface area contributed by atoms with Crippen molar-refractivity contribution in [3.05, 3.63) is 65.6 Å². The summed E-state index contributed by atoms with van der Waals surface area (Å²) in [5.41, 5.74) is 2.99. The zero-order valence-electron chi connectivity index (χ0n) is 17.7. The molecule has 30 heavy (non-hydrogen) atoms. The number of halogens is 1. The maximum atomic E-state index is 14.2. The Bertz CT molecular complexity index is 1060. The van der Waals surface area contributed by atoms with E-state index in [2.05, 4.69) is 33.1 Å². The molecule has 0 aliphatic carbocycles. The summed E-state index contributed by atoms with van der Waals surface area (Å²) in [4.78, 5) is 14.4. The van der Waals surface area contributed by atoms with Crippen LogP contribution in [0.1, 0.15) is 30.4 Å². The van der Waals surface area contributed by atoms with Gasteiger partial charge in [0.1, 0.15) is 11.6 Å². The van der Waals surface area contributed by atoms with Gasteiger partial charge in [-0.1, -0.05) is 25.1 Å². The quantitative estimate of drug-likeness (QED) is 0.673. The highest BCUT2D eigenvalue weighted by molar-refractivity contribution is 5.86. The molecule has 1 aliphatic rings. The minimum atomic E-state index is -0.190. The predicted octanol–water partition coefficient (Wildman–Crippen LogP) is 3.82. The normalized spacial score (nSPS) is 19.3. The Kier molecular flexibility index (Phi) is 5.77. The Morgan fingerprint density at radius 3 is 2.77 bits per heavy atom. The third kappa shape index (κ3) is 3.92. The SMILES string of the molecule is CCC(=O)N[C@H]1CN(Cc2ccccc2F)C[C@@H]1c1cn(C)c2ccc(OC)cc12. The summed E-state index contributed by atoms with van der Waals surface area (Å²) >= 11 is 0. The van der Waals surface area contributed by atoms with Crippen molar-refractivity contribution in [2.45, 2.75) is 31.8 Å². The van der Waals surface area contributed by atoms with Gasteiger partial charge in [-0.3, -0.25) is 9.69 Å². The van der Waals surface area contributed by atoms with E-state index < -0.39 is 0 Å². The molecule has 0 saturated carbocycles. The van der Waals surface area contributed by atoms with Crippen LogP contribution in [0.5, 0.6) is 5.75 Å². The molecule has 1 aromatic heterocycles. The molecule has 5 nitrogen and oxygen atoms in total. The molecule has 2 aromatic carbocycles. The number of aromatic nitrogens is 1. The zero-order valence-corrected chi connectivity index (χ0v) is 17.7. The molecule has 6 heteroatoms. The molecule has 1 saturated heterocycles. The van der Waals surface area contributed by atoms with Crippen LogP contribution >= 0.6 is 0 Å². The number of benzene rings is 2. The zero-order chi connectivity index (χ0) is 21.3. The second-order valence-electron chi connectivity index (χ2n) is 8.00. The summed E-state index contributed by atoms with van der Waals surface area (Å²) in [5.74, 6) is 0.772. The fraction of sp³-hybridized carbons (Fsp3) is 0.375. The van der Waals surface area contributed by atoms with Crippen LogP contribution in [0.25, 0.3) is 10.9 Å². The summed E-state index contributed by atoms with van der Waals surface area (Å²) in [6.45, 7) is 3.82. The topological polar surface area (TPSA) is 46.5 Å². The minimum absolute atomic E-state index is 0.0268. The predicted molar refractivity (Wildman–Crippen MR) is 116 cm³/mol. The molecule has 1 N–H and O–H groups in total. The van der Waals surface area contributed by atoms with Gasteiger partial charge in [0.2, 0.25) is 5.91 Å². The summed E-state index contributed by atoms with van der Waals surface area (Å²) in [6, 6.07) is 12.9. The number of aryl methyl sites for hydroxylation is 1. The van der Waals surface area contributed by atoms with Crippen molar-refractivity contribution in [1.29, 1.82) is 0 Å². The van der Waals surface area contributed by atoms with Crippen LogP contribution in [-0.2, 0) is 18.4 Å². The molecular weight excluding hydrogens is 381 g/mol. The number of nitrogens with one attached hydrogen (secondary N) is 1. The van der Waals surface area contributed by atoms with Gasteiger partial charge < -0.3 is 14.6 Å². The lowest BCUT2D eigenvalue weighted by molar-refractivity contribution is -0.121. The number of rotatable bonds is 6. The van der Waals surface area contributed by atoms with Gasteiger partial charge in [0.05, 0.1) is 7.11 Å². The number of amides is 1. The van der Waals surface area contributed by atoms with Crippen molar-refractivity contribution in [1.82, 2.24) is 14.8 Å². The Morgan fingerprint density at radius 1 is 1.23 bits per heavy atom. The number of carbonyl (C=O) groups is 1. The first-order valence-electron chi connectivity index (χ1n) is 10.4. The van der Waals surface area contributed by atoms with Gasteiger partial charge in [0, 0.05) is 67.7 Å². The number of nitrogens with zero attached hydrogens (tertiary/aromatic N) is 2. The standard InChI is InChI=1S/C24H28FN3O2/c1-4-24(29)26-22-15-28(12-16-7-5-6-8-21(16)25)14-20(22)19-13-27(2)23-10-9-17(30-3)11-18(19)23/h5-11,13,20,22H,4,12,14-15H2,1-3H3,(H,26,29)/t20-,22+/m1/s1. The summed E-state index contributed by atoms with van der Waals surface area (Å²) in [7, 11) is 3.70. The lowest BCUT2D eigenvalue weighted by atomic mass is 9.93. The van der Waals surface area contributed by atoms with E-state index in [1.807, 2.05) is 32.2 Å². The number of methoxy groups -OCH3 is 1. The van der Waals surface area contributed by atoms with Gasteiger partial charge in [0.25, 0.3) is 0 Å². The van der Waals surface area contributed by atoms with E-state index >= 15 is 0 Å². The molecule has 0 radical (unpaired) electrons. The van der Waals surface area contributed by atoms with E-state index in [1.54, 1.807) is 13.2 Å². The number of hydrogen-bond donors (Lipinski definition) is 1. The van der Waals surface area contributed by atoms with Gasteiger partial charge in [-0.05, 0) is 29.8 Å². The van der Waals surface area contributed by atoms with Crippen molar-refractivity contribution in [2.75, 3.05) is 20.2 Å². The first kappa shape index (κ1) is 20.4. The fourth-order valence-corrected chi connectivity index (χ4v) is 4.48. The van der Waals surface area contributed by atoms with Crippen LogP contribution in [0.2, 0.25) is 0 Å². The van der Waals surface area contributed by atoms with Gasteiger partial charge in [-0.15, -0.1) is 0 Å². The highest BCUT2D eigenvalue weighted by atomic mass is 19.1. The van der Waals surface area contributed by atoms with Crippen molar-refractivity contribution < 1.29 is 13.9 Å². The molecule has 2 heterocycles. The molecule has 1 amide bonds. The molecule has 2 atom stereocenters. The van der Waals surface area contributed by atoms with Crippen LogP contribution in [-0.4, -0.2) is 41.6 Å². The number of fused-ring (bicyclic) bond motifs is 1. The lowest BCUT2D eigenvalue weighted by Gasteiger charge is -2.19. The van der Waals surface area contributed by atoms with E-state index in [4.69, 9.17) is 4.74 Å². The molecule has 1 aliphatic heterocycles. The van der Waals surface area contributed by atoms with Crippen LogP contribution < -0.4 is 10.1 Å². The highest BCUT2D eigenvalue weighted by Crippen LogP contribution is 2.36. The van der Waals surface area contributed by atoms with Gasteiger partial charge in [-0.25, -0.2) is 4.39 Å². The first-order valence-corrected chi connectivity index (χ1v) is 10.4.